The van der Waals surface area contributed by atoms with Crippen LogP contribution in [0.25, 0.3) is 0 Å². The molecule has 1 aliphatic rings. The maximum absolute atomic E-state index is 12.1. The third-order valence-electron chi connectivity index (χ3n) is 1.37. The molecule has 54 valence electrons. The van der Waals surface area contributed by atoms with Crippen molar-refractivity contribution in [3.8, 4) is 0 Å². The van der Waals surface area contributed by atoms with E-state index >= 15 is 0 Å². The minimum Gasteiger partial charge on any atom is -0.261 e. The molecule has 0 aromatic carbocycles. The van der Waals surface area contributed by atoms with Crippen LogP contribution in [-0.4, -0.2) is 18.2 Å². The summed E-state index contributed by atoms with van der Waals surface area (Å²) in [6, 6.07) is 0.0370. The molecule has 0 bridgehead atoms. The van der Waals surface area contributed by atoms with Crippen molar-refractivity contribution in [3.05, 3.63) is 0 Å². The molecule has 9 heavy (non-hydrogen) atoms. The fourth-order valence-electron chi connectivity index (χ4n) is 0.911. The first kappa shape index (κ1) is 7.28. The summed E-state index contributed by atoms with van der Waals surface area (Å²) < 4.78 is 27.0. The van der Waals surface area contributed by atoms with E-state index in [0.717, 1.165) is 0 Å². The normalized spacial score (nSPS) is 25.7. The summed E-state index contributed by atoms with van der Waals surface area (Å²) in [6.07, 6.45) is 1.86. The number of nitrogens with one attached hydrogen (secondary N) is 1. The van der Waals surface area contributed by atoms with Crippen LogP contribution in [0.5, 0.6) is 0 Å². The highest BCUT2D eigenvalue weighted by molar-refractivity contribution is 7.96. The molecule has 1 N–H and O–H groups in total. The van der Waals surface area contributed by atoms with Gasteiger partial charge >= 0.3 is 0 Å². The summed E-state index contributed by atoms with van der Waals surface area (Å²) in [5.74, 6) is -2.38. The van der Waals surface area contributed by atoms with E-state index in [2.05, 4.69) is 4.72 Å². The Hall–Kier alpha value is 0.170. The maximum Gasteiger partial charge on any atom is 0.251 e. The highest BCUT2D eigenvalue weighted by Crippen LogP contribution is 2.37. The molecule has 0 aliphatic heterocycles. The molecule has 4 heteroatoms. The van der Waals surface area contributed by atoms with Crippen molar-refractivity contribution < 1.29 is 8.78 Å². The van der Waals surface area contributed by atoms with E-state index in [9.17, 15) is 8.78 Å². The molecule has 0 aromatic rings. The first-order chi connectivity index (χ1) is 4.14. The molecule has 0 unspecified atom stereocenters. The second-order valence-corrected chi connectivity index (χ2v) is 2.93. The molecule has 0 heterocycles. The molecule has 0 radical (unpaired) electrons. The molecule has 0 aromatic heterocycles. The number of hydrogen-bond acceptors (Lipinski definition) is 2. The fraction of sp³-hybridized carbons (Fsp3) is 1.00. The van der Waals surface area contributed by atoms with Gasteiger partial charge in [0.05, 0.1) is 0 Å². The van der Waals surface area contributed by atoms with Gasteiger partial charge in [-0.15, -0.1) is 0 Å². The maximum atomic E-state index is 12.1. The summed E-state index contributed by atoms with van der Waals surface area (Å²) >= 11 is 1.40. The Morgan fingerprint density at radius 2 is 2.11 bits per heavy atom. The minimum absolute atomic E-state index is 0.00778. The van der Waals surface area contributed by atoms with Gasteiger partial charge in [0.2, 0.25) is 0 Å². The lowest BCUT2D eigenvalue weighted by Crippen LogP contribution is -2.45. The van der Waals surface area contributed by atoms with Crippen molar-refractivity contribution in [3.63, 3.8) is 0 Å². The van der Waals surface area contributed by atoms with Gasteiger partial charge in [-0.2, -0.15) is 0 Å². The molecular weight excluding hydrogens is 144 g/mol. The average molecular weight is 153 g/mol. The van der Waals surface area contributed by atoms with Crippen LogP contribution in [0.3, 0.4) is 0 Å². The smallest absolute Gasteiger partial charge is 0.251 e. The molecule has 1 fully saturated rings. The Labute approximate surface area is 57.3 Å². The van der Waals surface area contributed by atoms with Crippen LogP contribution in [0.2, 0.25) is 0 Å². The summed E-state index contributed by atoms with van der Waals surface area (Å²) in [5.41, 5.74) is 0. The lowest BCUT2D eigenvalue weighted by atomic mass is 9.89. The van der Waals surface area contributed by atoms with E-state index in [-0.39, 0.29) is 18.9 Å². The van der Waals surface area contributed by atoms with E-state index in [1.54, 1.807) is 0 Å². The van der Waals surface area contributed by atoms with Crippen molar-refractivity contribution in [1.82, 2.24) is 4.72 Å². The molecule has 1 aliphatic carbocycles. The second-order valence-electron chi connectivity index (χ2n) is 2.28. The van der Waals surface area contributed by atoms with Crippen LogP contribution < -0.4 is 4.72 Å². The van der Waals surface area contributed by atoms with Crippen LogP contribution in [0.1, 0.15) is 12.8 Å². The first-order valence-electron chi connectivity index (χ1n) is 2.80. The van der Waals surface area contributed by atoms with Crippen molar-refractivity contribution in [2.45, 2.75) is 24.8 Å². The largest absolute Gasteiger partial charge is 0.261 e. The summed E-state index contributed by atoms with van der Waals surface area (Å²) in [4.78, 5) is 0. The molecule has 0 atom stereocenters. The van der Waals surface area contributed by atoms with Crippen LogP contribution in [0.15, 0.2) is 0 Å². The fourth-order valence-corrected chi connectivity index (χ4v) is 1.41. The molecule has 0 amide bonds. The molecule has 0 spiro atoms. The topological polar surface area (TPSA) is 12.0 Å². The van der Waals surface area contributed by atoms with Gasteiger partial charge in [-0.1, -0.05) is 11.9 Å². The summed E-state index contributed by atoms with van der Waals surface area (Å²) in [5, 5.41) is 0. The van der Waals surface area contributed by atoms with Gasteiger partial charge in [-0.05, 0) is 6.26 Å². The minimum atomic E-state index is -2.38. The molecular formula is C5H9F2NS. The number of alkyl halides is 2. The predicted octanol–water partition coefficient (Wildman–Crippen LogP) is 1.65. The third kappa shape index (κ3) is 1.79. The zero-order valence-electron chi connectivity index (χ0n) is 5.16. The standard InChI is InChI=1S/C5H9F2NS/c1-9-8-4-2-5(6,7)3-4/h4,8H,2-3H2,1H3. The zero-order chi connectivity index (χ0) is 6.91. The predicted molar refractivity (Wildman–Crippen MR) is 34.6 cm³/mol. The van der Waals surface area contributed by atoms with E-state index in [1.807, 2.05) is 6.26 Å². The third-order valence-corrected chi connectivity index (χ3v) is 1.94. The van der Waals surface area contributed by atoms with Gasteiger partial charge in [-0.25, -0.2) is 8.78 Å². The van der Waals surface area contributed by atoms with E-state index in [1.165, 1.54) is 11.9 Å². The van der Waals surface area contributed by atoms with Crippen molar-refractivity contribution in [2.24, 2.45) is 0 Å². The van der Waals surface area contributed by atoms with Gasteiger partial charge in [0, 0.05) is 18.9 Å². The monoisotopic (exact) mass is 153 g/mol. The van der Waals surface area contributed by atoms with Crippen molar-refractivity contribution in [2.75, 3.05) is 6.26 Å². The quantitative estimate of drug-likeness (QED) is 0.605. The van der Waals surface area contributed by atoms with Gasteiger partial charge < -0.3 is 0 Å². The molecule has 0 saturated heterocycles. The van der Waals surface area contributed by atoms with Gasteiger partial charge in [0.1, 0.15) is 0 Å². The van der Waals surface area contributed by atoms with Gasteiger partial charge in [0.25, 0.3) is 5.92 Å². The lowest BCUT2D eigenvalue weighted by Gasteiger charge is -2.34. The van der Waals surface area contributed by atoms with E-state index < -0.39 is 5.92 Å². The Morgan fingerprint density at radius 3 is 2.44 bits per heavy atom. The summed E-state index contributed by atoms with van der Waals surface area (Å²) in [6.45, 7) is 0. The van der Waals surface area contributed by atoms with Gasteiger partial charge in [-0.3, -0.25) is 4.72 Å². The first-order valence-corrected chi connectivity index (χ1v) is 4.03. The highest BCUT2D eigenvalue weighted by atomic mass is 32.2. The Balaban J connectivity index is 2.12. The lowest BCUT2D eigenvalue weighted by molar-refractivity contribution is -0.0871. The van der Waals surface area contributed by atoms with Crippen LogP contribution in [0.4, 0.5) is 8.78 Å². The highest BCUT2D eigenvalue weighted by Gasteiger charge is 2.44. The van der Waals surface area contributed by atoms with Crippen molar-refractivity contribution >= 4 is 11.9 Å². The molecule has 1 rings (SSSR count). The van der Waals surface area contributed by atoms with Gasteiger partial charge in [0.15, 0.2) is 0 Å². The molecule has 1 nitrogen and oxygen atoms in total. The number of hydrogen-bond donors (Lipinski definition) is 1. The van der Waals surface area contributed by atoms with Crippen LogP contribution >= 0.6 is 11.9 Å². The number of rotatable bonds is 2. The summed E-state index contributed by atoms with van der Waals surface area (Å²) in [7, 11) is 0. The Kier molecular flexibility index (Phi) is 1.96. The van der Waals surface area contributed by atoms with Crippen LogP contribution in [0, 0.1) is 0 Å². The zero-order valence-corrected chi connectivity index (χ0v) is 5.97. The second kappa shape index (κ2) is 2.42. The average Bonchev–Trinajstić information content (AvgIpc) is 1.62. The number of halogens is 2. The SMILES string of the molecule is CSNC1CC(F)(F)C1. The Morgan fingerprint density at radius 1 is 1.56 bits per heavy atom. The van der Waals surface area contributed by atoms with Crippen LogP contribution in [-0.2, 0) is 0 Å². The Bertz CT molecular complexity index is 99.1. The van der Waals surface area contributed by atoms with Crippen molar-refractivity contribution in [1.29, 1.82) is 0 Å². The van der Waals surface area contributed by atoms with E-state index in [4.69, 9.17) is 0 Å². The molecule has 1 saturated carbocycles. The van der Waals surface area contributed by atoms with E-state index in [0.29, 0.717) is 0 Å².